The van der Waals surface area contributed by atoms with Crippen molar-refractivity contribution in [1.82, 2.24) is 0 Å². The highest BCUT2D eigenvalue weighted by molar-refractivity contribution is 8.00. The Morgan fingerprint density at radius 3 is 2.53 bits per heavy atom. The standard InChI is InChI=1S/C11H6F3NO3S/c1-18-10(17)8-3-9(19-11(12,13)14)7(5-16)2-6(8)4-15/h2-3,5H,1H3. The molecule has 0 bridgehead atoms. The van der Waals surface area contributed by atoms with Gasteiger partial charge in [-0.3, -0.25) is 4.79 Å². The summed E-state index contributed by atoms with van der Waals surface area (Å²) in [4.78, 5) is 21.6. The predicted octanol–water partition coefficient (Wildman–Crippen LogP) is 2.77. The molecule has 0 amide bonds. The Bertz CT molecular complexity index is 564. The summed E-state index contributed by atoms with van der Waals surface area (Å²) in [5.41, 5.74) is -5.46. The fourth-order valence-electron chi connectivity index (χ4n) is 1.27. The summed E-state index contributed by atoms with van der Waals surface area (Å²) in [6, 6.07) is 3.37. The molecule has 0 aliphatic heterocycles. The normalized spacial score (nSPS) is 10.7. The number of alkyl halides is 3. The highest BCUT2D eigenvalue weighted by Gasteiger charge is 2.31. The minimum absolute atomic E-state index is 0.190. The number of hydrogen-bond donors (Lipinski definition) is 0. The third-order valence-electron chi connectivity index (χ3n) is 2.03. The minimum Gasteiger partial charge on any atom is -0.465 e. The van der Waals surface area contributed by atoms with Crippen LogP contribution in [-0.4, -0.2) is 24.9 Å². The first kappa shape index (κ1) is 15.0. The molecule has 0 aliphatic rings. The SMILES string of the molecule is COC(=O)c1cc(SC(F)(F)F)c(C=O)cc1C#N. The molecule has 0 radical (unpaired) electrons. The average molecular weight is 289 g/mol. The van der Waals surface area contributed by atoms with E-state index in [9.17, 15) is 22.8 Å². The summed E-state index contributed by atoms with van der Waals surface area (Å²) in [7, 11) is 1.04. The van der Waals surface area contributed by atoms with Crippen molar-refractivity contribution < 1.29 is 27.5 Å². The minimum atomic E-state index is -4.61. The third-order valence-corrected chi connectivity index (χ3v) is 2.83. The number of carbonyl (C=O) groups excluding carboxylic acids is 2. The monoisotopic (exact) mass is 289 g/mol. The van der Waals surface area contributed by atoms with Gasteiger partial charge < -0.3 is 4.74 Å². The van der Waals surface area contributed by atoms with Gasteiger partial charge in [0.05, 0.1) is 18.2 Å². The van der Waals surface area contributed by atoms with E-state index >= 15 is 0 Å². The Hall–Kier alpha value is -2.01. The van der Waals surface area contributed by atoms with Crippen LogP contribution in [0, 0.1) is 11.3 Å². The molecule has 4 nitrogen and oxygen atoms in total. The fraction of sp³-hybridized carbons (Fsp3) is 0.182. The van der Waals surface area contributed by atoms with E-state index in [0.29, 0.717) is 0 Å². The van der Waals surface area contributed by atoms with Gasteiger partial charge in [-0.05, 0) is 23.9 Å². The van der Waals surface area contributed by atoms with Crippen molar-refractivity contribution in [1.29, 1.82) is 5.26 Å². The van der Waals surface area contributed by atoms with Crippen LogP contribution in [0.2, 0.25) is 0 Å². The molecule has 0 fully saturated rings. The van der Waals surface area contributed by atoms with E-state index in [1.54, 1.807) is 6.07 Å². The number of aldehydes is 1. The highest BCUT2D eigenvalue weighted by Crippen LogP contribution is 2.39. The van der Waals surface area contributed by atoms with Gasteiger partial charge in [0.25, 0.3) is 0 Å². The topological polar surface area (TPSA) is 67.2 Å². The first-order chi connectivity index (χ1) is 8.82. The Morgan fingerprint density at radius 1 is 1.47 bits per heavy atom. The zero-order valence-corrected chi connectivity index (χ0v) is 10.3. The lowest BCUT2D eigenvalue weighted by molar-refractivity contribution is -0.0328. The molecule has 8 heteroatoms. The van der Waals surface area contributed by atoms with Gasteiger partial charge in [-0.15, -0.1) is 0 Å². The number of rotatable bonds is 3. The number of thioether (sulfide) groups is 1. The van der Waals surface area contributed by atoms with Crippen molar-refractivity contribution in [3.8, 4) is 6.07 Å². The highest BCUT2D eigenvalue weighted by atomic mass is 32.2. The van der Waals surface area contributed by atoms with Crippen LogP contribution in [-0.2, 0) is 4.74 Å². The van der Waals surface area contributed by atoms with Crippen molar-refractivity contribution in [2.45, 2.75) is 10.4 Å². The van der Waals surface area contributed by atoms with Gasteiger partial charge in [-0.1, -0.05) is 0 Å². The lowest BCUT2D eigenvalue weighted by Gasteiger charge is -2.10. The summed E-state index contributed by atoms with van der Waals surface area (Å²) in [6.07, 6.45) is 0.190. The second-order valence-corrected chi connectivity index (χ2v) is 4.31. The first-order valence-corrected chi connectivity index (χ1v) is 5.51. The van der Waals surface area contributed by atoms with Crippen molar-refractivity contribution in [2.75, 3.05) is 7.11 Å². The number of esters is 1. The van der Waals surface area contributed by atoms with Crippen LogP contribution in [0.1, 0.15) is 26.3 Å². The zero-order chi connectivity index (χ0) is 14.6. The van der Waals surface area contributed by atoms with Crippen LogP contribution in [0.4, 0.5) is 13.2 Å². The molecule has 1 aromatic rings. The van der Waals surface area contributed by atoms with Crippen molar-refractivity contribution in [3.63, 3.8) is 0 Å². The third kappa shape index (κ3) is 3.72. The number of methoxy groups -OCH3 is 1. The van der Waals surface area contributed by atoms with Crippen LogP contribution in [0.25, 0.3) is 0 Å². The van der Waals surface area contributed by atoms with Crippen molar-refractivity contribution >= 4 is 24.0 Å². The molecule has 0 atom stereocenters. The summed E-state index contributed by atoms with van der Waals surface area (Å²) in [6.45, 7) is 0. The fourth-order valence-corrected chi connectivity index (χ4v) is 1.92. The lowest BCUT2D eigenvalue weighted by atomic mass is 10.1. The average Bonchev–Trinajstić information content (AvgIpc) is 2.35. The smallest absolute Gasteiger partial charge is 0.446 e. The number of halogens is 3. The van der Waals surface area contributed by atoms with Gasteiger partial charge in [0, 0.05) is 10.5 Å². The summed E-state index contributed by atoms with van der Waals surface area (Å²) >= 11 is -0.535. The second kappa shape index (κ2) is 5.75. The molecular weight excluding hydrogens is 283 g/mol. The lowest BCUT2D eigenvalue weighted by Crippen LogP contribution is -2.07. The maximum atomic E-state index is 12.3. The predicted molar refractivity (Wildman–Crippen MR) is 59.8 cm³/mol. The molecule has 0 saturated heterocycles. The van der Waals surface area contributed by atoms with Crippen LogP contribution in [0.15, 0.2) is 17.0 Å². The van der Waals surface area contributed by atoms with Crippen LogP contribution in [0.5, 0.6) is 0 Å². The maximum Gasteiger partial charge on any atom is 0.446 e. The Labute approximate surface area is 110 Å². The molecule has 100 valence electrons. The van der Waals surface area contributed by atoms with Gasteiger partial charge in [0.1, 0.15) is 6.07 Å². The second-order valence-electron chi connectivity index (χ2n) is 3.20. The van der Waals surface area contributed by atoms with Gasteiger partial charge in [0.15, 0.2) is 6.29 Å². The summed E-state index contributed by atoms with van der Waals surface area (Å²) < 4.78 is 41.3. The van der Waals surface area contributed by atoms with Crippen LogP contribution in [0.3, 0.4) is 0 Å². The van der Waals surface area contributed by atoms with E-state index in [1.807, 2.05) is 0 Å². The molecule has 0 aromatic heterocycles. The van der Waals surface area contributed by atoms with Gasteiger partial charge in [0.2, 0.25) is 0 Å². The Balaban J connectivity index is 3.42. The zero-order valence-electron chi connectivity index (χ0n) is 9.45. The molecule has 0 unspecified atom stereocenters. The number of ether oxygens (including phenoxy) is 1. The number of nitrogens with zero attached hydrogens (tertiary/aromatic N) is 1. The van der Waals surface area contributed by atoms with Gasteiger partial charge >= 0.3 is 11.5 Å². The Kier molecular flexibility index (Phi) is 4.56. The molecule has 1 aromatic carbocycles. The number of benzene rings is 1. The van der Waals surface area contributed by atoms with Gasteiger partial charge in [-0.25, -0.2) is 4.79 Å². The van der Waals surface area contributed by atoms with Crippen LogP contribution >= 0.6 is 11.8 Å². The molecular formula is C11H6F3NO3S. The molecule has 19 heavy (non-hydrogen) atoms. The number of hydrogen-bond acceptors (Lipinski definition) is 5. The molecule has 0 aliphatic carbocycles. The number of carbonyl (C=O) groups is 2. The number of nitriles is 1. The van der Waals surface area contributed by atoms with E-state index in [4.69, 9.17) is 5.26 Å². The molecule has 0 N–H and O–H groups in total. The molecule has 0 spiro atoms. The molecule has 1 rings (SSSR count). The van der Waals surface area contributed by atoms with E-state index < -0.39 is 28.1 Å². The van der Waals surface area contributed by atoms with E-state index in [2.05, 4.69) is 4.74 Å². The maximum absolute atomic E-state index is 12.3. The summed E-state index contributed by atoms with van der Waals surface area (Å²) in [5.74, 6) is -0.946. The molecule has 0 saturated carbocycles. The van der Waals surface area contributed by atoms with E-state index in [0.717, 1.165) is 19.2 Å². The first-order valence-electron chi connectivity index (χ1n) is 4.69. The Morgan fingerprint density at radius 2 is 2.11 bits per heavy atom. The van der Waals surface area contributed by atoms with Crippen molar-refractivity contribution in [2.24, 2.45) is 0 Å². The van der Waals surface area contributed by atoms with Crippen molar-refractivity contribution in [3.05, 3.63) is 28.8 Å². The van der Waals surface area contributed by atoms with E-state index in [1.165, 1.54) is 0 Å². The summed E-state index contributed by atoms with van der Waals surface area (Å²) in [5, 5.41) is 8.80. The molecule has 0 heterocycles. The quantitative estimate of drug-likeness (QED) is 0.486. The van der Waals surface area contributed by atoms with E-state index in [-0.39, 0.29) is 23.0 Å². The largest absolute Gasteiger partial charge is 0.465 e. The van der Waals surface area contributed by atoms with Gasteiger partial charge in [-0.2, -0.15) is 18.4 Å². The van der Waals surface area contributed by atoms with Crippen LogP contribution < -0.4 is 0 Å².